The Kier molecular flexibility index (Phi) is 4.26. The zero-order valence-electron chi connectivity index (χ0n) is 14.7. The number of aromatic amines is 1. The number of phenols is 1. The zero-order valence-corrected chi connectivity index (χ0v) is 15.5. The van der Waals surface area contributed by atoms with Gasteiger partial charge in [-0.3, -0.25) is 4.79 Å². The van der Waals surface area contributed by atoms with Crippen molar-refractivity contribution in [3.8, 4) is 16.9 Å². The SMILES string of the molecule is CNC[C@H](C)c1ccc(-c2c(O)ccc3[nH]c(=O)c4sccc4c23)cc1. The highest BCUT2D eigenvalue weighted by atomic mass is 32.1. The molecule has 0 amide bonds. The van der Waals surface area contributed by atoms with E-state index in [2.05, 4.69) is 29.4 Å². The van der Waals surface area contributed by atoms with Gasteiger partial charge in [0.15, 0.2) is 0 Å². The molecule has 0 aliphatic carbocycles. The molecule has 0 fully saturated rings. The molecule has 4 nitrogen and oxygen atoms in total. The molecule has 2 heterocycles. The average Bonchev–Trinajstić information content (AvgIpc) is 3.13. The summed E-state index contributed by atoms with van der Waals surface area (Å²) < 4.78 is 0.684. The number of phenolic OH excluding ortho intramolecular Hbond substituents is 1. The van der Waals surface area contributed by atoms with Crippen molar-refractivity contribution < 1.29 is 5.11 Å². The molecule has 4 aromatic rings. The van der Waals surface area contributed by atoms with Gasteiger partial charge in [0.2, 0.25) is 0 Å². The number of thiophene rings is 1. The van der Waals surface area contributed by atoms with Gasteiger partial charge in [-0.2, -0.15) is 0 Å². The van der Waals surface area contributed by atoms with Crippen molar-refractivity contribution in [1.82, 2.24) is 10.3 Å². The fraction of sp³-hybridized carbons (Fsp3) is 0.190. The minimum Gasteiger partial charge on any atom is -0.507 e. The molecule has 0 radical (unpaired) electrons. The summed E-state index contributed by atoms with van der Waals surface area (Å²) in [5.41, 5.74) is 3.59. The molecule has 2 aromatic carbocycles. The number of H-pyrrole nitrogens is 1. The van der Waals surface area contributed by atoms with Crippen molar-refractivity contribution in [3.05, 3.63) is 63.8 Å². The number of nitrogens with one attached hydrogen (secondary N) is 2. The first-order chi connectivity index (χ1) is 12.6. The van der Waals surface area contributed by atoms with Crippen molar-refractivity contribution in [3.63, 3.8) is 0 Å². The van der Waals surface area contributed by atoms with E-state index < -0.39 is 0 Å². The molecule has 4 rings (SSSR count). The highest BCUT2D eigenvalue weighted by Gasteiger charge is 2.15. The largest absolute Gasteiger partial charge is 0.507 e. The van der Waals surface area contributed by atoms with Gasteiger partial charge in [-0.1, -0.05) is 31.2 Å². The van der Waals surface area contributed by atoms with Crippen LogP contribution in [0, 0.1) is 0 Å². The minimum atomic E-state index is -0.0876. The van der Waals surface area contributed by atoms with Crippen LogP contribution in [0.2, 0.25) is 0 Å². The first-order valence-electron chi connectivity index (χ1n) is 8.60. The van der Waals surface area contributed by atoms with Gasteiger partial charge in [0.05, 0.1) is 0 Å². The third kappa shape index (κ3) is 2.69. The summed E-state index contributed by atoms with van der Waals surface area (Å²) in [5, 5.41) is 17.5. The topological polar surface area (TPSA) is 65.1 Å². The van der Waals surface area contributed by atoms with E-state index in [0.717, 1.165) is 34.0 Å². The van der Waals surface area contributed by atoms with Gasteiger partial charge < -0.3 is 15.4 Å². The summed E-state index contributed by atoms with van der Waals surface area (Å²) >= 11 is 1.42. The molecule has 0 spiro atoms. The van der Waals surface area contributed by atoms with Gasteiger partial charge in [0.25, 0.3) is 5.56 Å². The molecular formula is C21H20N2O2S. The maximum Gasteiger partial charge on any atom is 0.266 e. The lowest BCUT2D eigenvalue weighted by Crippen LogP contribution is -2.14. The number of hydrogen-bond donors (Lipinski definition) is 3. The van der Waals surface area contributed by atoms with Crippen LogP contribution in [0.4, 0.5) is 0 Å². The lowest BCUT2D eigenvalue weighted by Gasteiger charge is -2.14. The van der Waals surface area contributed by atoms with E-state index in [1.165, 1.54) is 16.9 Å². The van der Waals surface area contributed by atoms with E-state index in [-0.39, 0.29) is 11.3 Å². The van der Waals surface area contributed by atoms with Crippen molar-refractivity contribution in [1.29, 1.82) is 0 Å². The molecular weight excluding hydrogens is 344 g/mol. The second kappa shape index (κ2) is 6.59. The quantitative estimate of drug-likeness (QED) is 0.502. The average molecular weight is 364 g/mol. The van der Waals surface area contributed by atoms with Crippen molar-refractivity contribution >= 4 is 32.3 Å². The van der Waals surface area contributed by atoms with Gasteiger partial charge in [-0.25, -0.2) is 0 Å². The predicted octanol–water partition coefficient (Wildman–Crippen LogP) is 4.44. The van der Waals surface area contributed by atoms with Gasteiger partial charge in [-0.05, 0) is 47.7 Å². The summed E-state index contributed by atoms with van der Waals surface area (Å²) in [7, 11) is 1.95. The van der Waals surface area contributed by atoms with E-state index in [0.29, 0.717) is 10.6 Å². The maximum atomic E-state index is 12.3. The highest BCUT2D eigenvalue weighted by Crippen LogP contribution is 2.39. The number of fused-ring (bicyclic) bond motifs is 3. The van der Waals surface area contributed by atoms with Crippen LogP contribution in [-0.4, -0.2) is 23.7 Å². The Morgan fingerprint density at radius 1 is 1.15 bits per heavy atom. The monoisotopic (exact) mass is 364 g/mol. The number of benzene rings is 2. The molecule has 5 heteroatoms. The Morgan fingerprint density at radius 3 is 2.65 bits per heavy atom. The third-order valence-electron chi connectivity index (χ3n) is 4.85. The molecule has 3 N–H and O–H groups in total. The fourth-order valence-electron chi connectivity index (χ4n) is 3.53. The summed E-state index contributed by atoms with van der Waals surface area (Å²) in [4.78, 5) is 15.2. The third-order valence-corrected chi connectivity index (χ3v) is 5.76. The molecule has 0 bridgehead atoms. The molecule has 26 heavy (non-hydrogen) atoms. The predicted molar refractivity (Wildman–Crippen MR) is 109 cm³/mol. The Balaban J connectivity index is 1.95. The Bertz CT molecular complexity index is 1140. The standard InChI is InChI=1S/C21H20N2O2S/c1-12(11-22-2)13-3-5-14(6-4-13)18-17(24)8-7-16-19(18)15-9-10-26-20(15)21(25)23-16/h3-10,12,22,24H,11H2,1-2H3,(H,23,25)/t12-/m0/s1. The molecule has 0 saturated carbocycles. The first kappa shape index (κ1) is 16.8. The van der Waals surface area contributed by atoms with E-state index in [1.807, 2.05) is 30.6 Å². The Hall–Kier alpha value is -2.63. The van der Waals surface area contributed by atoms with Crippen molar-refractivity contribution in [2.24, 2.45) is 0 Å². The van der Waals surface area contributed by atoms with Crippen LogP contribution in [0.15, 0.2) is 52.6 Å². The molecule has 2 aromatic heterocycles. The van der Waals surface area contributed by atoms with Gasteiger partial charge in [0, 0.05) is 28.4 Å². The maximum absolute atomic E-state index is 12.3. The smallest absolute Gasteiger partial charge is 0.266 e. The van der Waals surface area contributed by atoms with E-state index in [9.17, 15) is 9.90 Å². The zero-order chi connectivity index (χ0) is 18.3. The van der Waals surface area contributed by atoms with Crippen LogP contribution in [0.5, 0.6) is 5.75 Å². The van der Waals surface area contributed by atoms with Crippen molar-refractivity contribution in [2.75, 3.05) is 13.6 Å². The van der Waals surface area contributed by atoms with E-state index in [4.69, 9.17) is 0 Å². The van der Waals surface area contributed by atoms with Crippen molar-refractivity contribution in [2.45, 2.75) is 12.8 Å². The lowest BCUT2D eigenvalue weighted by molar-refractivity contribution is 0.478. The van der Waals surface area contributed by atoms with Gasteiger partial charge >= 0.3 is 0 Å². The second-order valence-electron chi connectivity index (χ2n) is 6.58. The summed E-state index contributed by atoms with van der Waals surface area (Å²) in [6, 6.07) is 13.6. The number of aromatic hydroxyl groups is 1. The highest BCUT2D eigenvalue weighted by molar-refractivity contribution is 7.17. The van der Waals surface area contributed by atoms with Crippen LogP contribution in [0.3, 0.4) is 0 Å². The first-order valence-corrected chi connectivity index (χ1v) is 9.48. The Labute approximate surface area is 155 Å². The Morgan fingerprint density at radius 2 is 1.92 bits per heavy atom. The summed E-state index contributed by atoms with van der Waals surface area (Å²) in [6.45, 7) is 3.09. The van der Waals surface area contributed by atoms with E-state index >= 15 is 0 Å². The number of aromatic nitrogens is 1. The fourth-order valence-corrected chi connectivity index (χ4v) is 4.33. The lowest BCUT2D eigenvalue weighted by atomic mass is 9.94. The molecule has 1 atom stereocenters. The number of hydrogen-bond acceptors (Lipinski definition) is 4. The molecule has 0 aliphatic rings. The minimum absolute atomic E-state index is 0.0876. The van der Waals surface area contributed by atoms with Crippen LogP contribution in [0.25, 0.3) is 32.1 Å². The number of rotatable bonds is 4. The van der Waals surface area contributed by atoms with Crippen LogP contribution >= 0.6 is 11.3 Å². The van der Waals surface area contributed by atoms with Crippen LogP contribution in [0.1, 0.15) is 18.4 Å². The van der Waals surface area contributed by atoms with Gasteiger partial charge in [-0.15, -0.1) is 11.3 Å². The normalized spacial score (nSPS) is 12.7. The van der Waals surface area contributed by atoms with E-state index in [1.54, 1.807) is 12.1 Å². The van der Waals surface area contributed by atoms with Gasteiger partial charge in [0.1, 0.15) is 10.4 Å². The molecule has 0 unspecified atom stereocenters. The number of likely N-dealkylation sites (N-methyl/N-ethyl adjacent to an activating group) is 1. The van der Waals surface area contributed by atoms with Crippen LogP contribution < -0.4 is 10.9 Å². The summed E-state index contributed by atoms with van der Waals surface area (Å²) in [6.07, 6.45) is 0. The molecule has 132 valence electrons. The second-order valence-corrected chi connectivity index (χ2v) is 7.50. The van der Waals surface area contributed by atoms with Crippen LogP contribution in [-0.2, 0) is 0 Å². The summed E-state index contributed by atoms with van der Waals surface area (Å²) in [5.74, 6) is 0.628. The molecule has 0 saturated heterocycles. The molecule has 0 aliphatic heterocycles. The number of pyridine rings is 1.